The summed E-state index contributed by atoms with van der Waals surface area (Å²) in [7, 11) is 0. The highest BCUT2D eigenvalue weighted by Gasteiger charge is 2.43. The highest BCUT2D eigenvalue weighted by molar-refractivity contribution is 6.31. The molecule has 26 heavy (non-hydrogen) atoms. The summed E-state index contributed by atoms with van der Waals surface area (Å²) in [6, 6.07) is 15.7. The first-order valence-corrected chi connectivity index (χ1v) is 8.69. The summed E-state index contributed by atoms with van der Waals surface area (Å²) in [5.74, 6) is 0. The maximum Gasteiger partial charge on any atom is 0.292 e. The second-order valence-corrected chi connectivity index (χ2v) is 7.06. The van der Waals surface area contributed by atoms with Crippen LogP contribution in [-0.2, 0) is 12.0 Å². The number of imidazole rings is 1. The quantitative estimate of drug-likeness (QED) is 0.575. The number of benzene rings is 2. The van der Waals surface area contributed by atoms with Gasteiger partial charge >= 0.3 is 0 Å². The number of aromatic nitrogens is 3. The smallest absolute Gasteiger partial charge is 0.292 e. The Morgan fingerprint density at radius 1 is 1.19 bits per heavy atom. The lowest BCUT2D eigenvalue weighted by molar-refractivity contribution is 0.525. The molecule has 0 aliphatic heterocycles. The Balaban J connectivity index is 1.86. The maximum absolute atomic E-state index is 12.5. The Labute approximate surface area is 154 Å². The van der Waals surface area contributed by atoms with Gasteiger partial charge in [-0.25, -0.2) is 4.98 Å². The van der Waals surface area contributed by atoms with Crippen molar-refractivity contribution in [3.05, 3.63) is 93.1 Å². The van der Waals surface area contributed by atoms with Crippen molar-refractivity contribution in [2.75, 3.05) is 0 Å². The zero-order valence-corrected chi connectivity index (χ0v) is 14.5. The van der Waals surface area contributed by atoms with E-state index in [-0.39, 0.29) is 5.56 Å². The van der Waals surface area contributed by atoms with Crippen molar-refractivity contribution in [3.63, 3.8) is 0 Å². The van der Waals surface area contributed by atoms with Crippen molar-refractivity contribution in [1.82, 2.24) is 14.4 Å². The lowest BCUT2D eigenvalue weighted by atomic mass is 9.85. The molecule has 0 saturated heterocycles. The Morgan fingerprint density at radius 2 is 2.00 bits per heavy atom. The predicted molar refractivity (Wildman–Crippen MR) is 101 cm³/mol. The summed E-state index contributed by atoms with van der Waals surface area (Å²) in [5, 5.41) is 0.602. The van der Waals surface area contributed by atoms with Crippen LogP contribution in [0.5, 0.6) is 0 Å². The number of hydrogen-bond donors (Lipinski definition) is 2. The van der Waals surface area contributed by atoms with Crippen LogP contribution < -0.4 is 11.3 Å². The Hall–Kier alpha value is -2.89. The highest BCUT2D eigenvalue weighted by atomic mass is 35.5. The molecule has 0 fully saturated rings. The van der Waals surface area contributed by atoms with Gasteiger partial charge in [0.1, 0.15) is 0 Å². The third-order valence-electron chi connectivity index (χ3n) is 5.04. The third kappa shape index (κ3) is 2.01. The fourth-order valence-electron chi connectivity index (χ4n) is 3.97. The standard InChI is InChI=1S/C20H15ClN4O/c21-13-6-7-15-14(10-13)16-17(25-9-8-23-18(25)19(26)24-16)20(15,22)11-12-4-2-1-3-5-12/h1-10H,11,22H2,(H,24,26). The first-order valence-electron chi connectivity index (χ1n) is 8.31. The van der Waals surface area contributed by atoms with Crippen molar-refractivity contribution in [3.8, 4) is 11.3 Å². The van der Waals surface area contributed by atoms with Gasteiger partial charge in [-0.2, -0.15) is 0 Å². The van der Waals surface area contributed by atoms with E-state index >= 15 is 0 Å². The molecule has 0 bridgehead atoms. The molecule has 1 aliphatic carbocycles. The topological polar surface area (TPSA) is 76.2 Å². The number of nitrogens with zero attached hydrogens (tertiary/aromatic N) is 2. The highest BCUT2D eigenvalue weighted by Crippen LogP contribution is 2.46. The van der Waals surface area contributed by atoms with Gasteiger partial charge in [0.25, 0.3) is 5.56 Å². The minimum atomic E-state index is -0.806. The molecule has 5 rings (SSSR count). The number of aromatic amines is 1. The van der Waals surface area contributed by atoms with Gasteiger partial charge in [-0.05, 0) is 23.3 Å². The van der Waals surface area contributed by atoms with Gasteiger partial charge in [-0.15, -0.1) is 0 Å². The molecule has 0 amide bonds. The van der Waals surface area contributed by atoms with Crippen LogP contribution >= 0.6 is 11.6 Å². The van der Waals surface area contributed by atoms with E-state index in [0.717, 1.165) is 22.4 Å². The van der Waals surface area contributed by atoms with Gasteiger partial charge in [-0.3, -0.25) is 9.20 Å². The van der Waals surface area contributed by atoms with Crippen molar-refractivity contribution in [2.24, 2.45) is 5.73 Å². The first kappa shape index (κ1) is 15.4. The molecule has 6 heteroatoms. The molecule has 3 N–H and O–H groups in total. The molecule has 1 unspecified atom stereocenters. The van der Waals surface area contributed by atoms with E-state index in [4.69, 9.17) is 17.3 Å². The van der Waals surface area contributed by atoms with Crippen molar-refractivity contribution in [2.45, 2.75) is 12.0 Å². The van der Waals surface area contributed by atoms with Crippen LogP contribution in [0.1, 0.15) is 16.8 Å². The molecule has 1 aliphatic rings. The normalized spacial score (nSPS) is 18.1. The van der Waals surface area contributed by atoms with E-state index in [0.29, 0.717) is 22.8 Å². The van der Waals surface area contributed by atoms with Crippen LogP contribution in [0, 0.1) is 0 Å². The van der Waals surface area contributed by atoms with E-state index in [1.165, 1.54) is 0 Å². The van der Waals surface area contributed by atoms with Crippen LogP contribution in [0.4, 0.5) is 0 Å². The number of fused-ring (bicyclic) bond motifs is 5. The summed E-state index contributed by atoms with van der Waals surface area (Å²) < 4.78 is 1.80. The van der Waals surface area contributed by atoms with Crippen molar-refractivity contribution < 1.29 is 0 Å². The maximum atomic E-state index is 12.5. The number of hydrogen-bond acceptors (Lipinski definition) is 3. The average molecular weight is 363 g/mol. The van der Waals surface area contributed by atoms with Gasteiger partial charge < -0.3 is 10.7 Å². The van der Waals surface area contributed by atoms with Gasteiger partial charge in [-0.1, -0.05) is 48.0 Å². The molecule has 2 heterocycles. The van der Waals surface area contributed by atoms with Gasteiger partial charge in [0.15, 0.2) is 0 Å². The molecule has 5 nitrogen and oxygen atoms in total. The van der Waals surface area contributed by atoms with Crippen LogP contribution in [0.3, 0.4) is 0 Å². The number of rotatable bonds is 2. The molecule has 2 aromatic heterocycles. The molecular weight excluding hydrogens is 348 g/mol. The van der Waals surface area contributed by atoms with Gasteiger partial charge in [0, 0.05) is 29.4 Å². The second-order valence-electron chi connectivity index (χ2n) is 6.62. The van der Waals surface area contributed by atoms with Crippen molar-refractivity contribution >= 4 is 17.2 Å². The van der Waals surface area contributed by atoms with E-state index in [2.05, 4.69) is 22.1 Å². The van der Waals surface area contributed by atoms with Crippen LogP contribution in [-0.4, -0.2) is 14.4 Å². The summed E-state index contributed by atoms with van der Waals surface area (Å²) >= 11 is 6.23. The summed E-state index contributed by atoms with van der Waals surface area (Å²) in [5.41, 5.74) is 10.8. The predicted octanol–water partition coefficient (Wildman–Crippen LogP) is 3.10. The monoisotopic (exact) mass is 362 g/mol. The minimum Gasteiger partial charge on any atom is -0.317 e. The fourth-order valence-corrected chi connectivity index (χ4v) is 4.14. The number of nitrogens with one attached hydrogen (secondary N) is 1. The molecule has 0 saturated carbocycles. The lowest BCUT2D eigenvalue weighted by Gasteiger charge is -2.27. The van der Waals surface area contributed by atoms with E-state index in [9.17, 15) is 4.79 Å². The van der Waals surface area contributed by atoms with Crippen LogP contribution in [0.25, 0.3) is 16.9 Å². The zero-order valence-electron chi connectivity index (χ0n) is 13.7. The average Bonchev–Trinajstić information content (AvgIpc) is 3.19. The second kappa shape index (κ2) is 5.30. The SMILES string of the molecule is NC1(Cc2ccccc2)c2ccc(Cl)cc2-c2[nH]c(=O)c3nccn3c21. The van der Waals surface area contributed by atoms with E-state index in [1.807, 2.05) is 36.4 Å². The number of halogens is 1. The van der Waals surface area contributed by atoms with Crippen molar-refractivity contribution in [1.29, 1.82) is 0 Å². The Kier molecular flexibility index (Phi) is 3.13. The third-order valence-corrected chi connectivity index (χ3v) is 5.28. The molecule has 1 atom stereocenters. The zero-order chi connectivity index (χ0) is 17.9. The van der Waals surface area contributed by atoms with E-state index in [1.54, 1.807) is 16.8 Å². The molecule has 0 radical (unpaired) electrons. The largest absolute Gasteiger partial charge is 0.317 e. The molecule has 0 spiro atoms. The molecule has 2 aromatic carbocycles. The first-order chi connectivity index (χ1) is 12.6. The Morgan fingerprint density at radius 3 is 2.81 bits per heavy atom. The summed E-state index contributed by atoms with van der Waals surface area (Å²) in [6.07, 6.45) is 3.99. The van der Waals surface area contributed by atoms with Gasteiger partial charge in [0.2, 0.25) is 5.65 Å². The van der Waals surface area contributed by atoms with Gasteiger partial charge in [0.05, 0.1) is 16.9 Å². The minimum absolute atomic E-state index is 0.247. The molecule has 128 valence electrons. The summed E-state index contributed by atoms with van der Waals surface area (Å²) in [4.78, 5) is 19.6. The Bertz CT molecular complexity index is 1210. The molecule has 4 aromatic rings. The molecular formula is C20H15ClN4O. The van der Waals surface area contributed by atoms with E-state index < -0.39 is 5.54 Å². The fraction of sp³-hybridized carbons (Fsp3) is 0.100. The summed E-state index contributed by atoms with van der Waals surface area (Å²) in [6.45, 7) is 0. The van der Waals surface area contributed by atoms with Crippen LogP contribution in [0.15, 0.2) is 65.7 Å². The number of nitrogens with two attached hydrogens (primary N) is 1. The lowest BCUT2D eigenvalue weighted by Crippen LogP contribution is -2.40. The number of H-pyrrole nitrogens is 1. The van der Waals surface area contributed by atoms with Crippen LogP contribution in [0.2, 0.25) is 5.02 Å².